The highest BCUT2D eigenvalue weighted by Gasteiger charge is 2.22. The number of aliphatic carboxylic acids is 1. The van der Waals surface area contributed by atoms with E-state index in [1.54, 1.807) is 0 Å². The summed E-state index contributed by atoms with van der Waals surface area (Å²) in [6.45, 7) is 2.74. The van der Waals surface area contributed by atoms with Gasteiger partial charge in [0.1, 0.15) is 6.04 Å². The molecule has 1 rings (SSSR count). The molecular formula is C9H18N2O3. The summed E-state index contributed by atoms with van der Waals surface area (Å²) in [5, 5.41) is 17.5. The number of rotatable bonds is 5. The van der Waals surface area contributed by atoms with Gasteiger partial charge in [-0.1, -0.05) is 0 Å². The topological polar surface area (TPSA) is 86.8 Å². The first kappa shape index (κ1) is 11.4. The Labute approximate surface area is 83.5 Å². The Morgan fingerprint density at radius 3 is 2.86 bits per heavy atom. The average molecular weight is 202 g/mol. The summed E-state index contributed by atoms with van der Waals surface area (Å²) in [4.78, 5) is 12.6. The van der Waals surface area contributed by atoms with Gasteiger partial charge in [-0.3, -0.25) is 4.79 Å². The maximum atomic E-state index is 10.4. The molecule has 0 unspecified atom stereocenters. The van der Waals surface area contributed by atoms with Crippen LogP contribution in [0.25, 0.3) is 0 Å². The van der Waals surface area contributed by atoms with E-state index in [0.29, 0.717) is 18.9 Å². The van der Waals surface area contributed by atoms with Crippen molar-refractivity contribution in [3.05, 3.63) is 0 Å². The molecule has 1 heterocycles. The van der Waals surface area contributed by atoms with Crippen molar-refractivity contribution in [3.63, 3.8) is 0 Å². The maximum Gasteiger partial charge on any atom is 0.320 e. The Kier molecular flexibility index (Phi) is 4.31. The van der Waals surface area contributed by atoms with Crippen molar-refractivity contribution in [1.82, 2.24) is 4.90 Å². The Bertz CT molecular complexity index is 198. The first-order valence-corrected chi connectivity index (χ1v) is 4.95. The van der Waals surface area contributed by atoms with E-state index in [9.17, 15) is 4.79 Å². The molecule has 1 saturated heterocycles. The molecule has 1 fully saturated rings. The minimum atomic E-state index is -0.942. The molecule has 5 heteroatoms. The summed E-state index contributed by atoms with van der Waals surface area (Å²) in [7, 11) is 0. The van der Waals surface area contributed by atoms with Crippen LogP contribution in [0.1, 0.15) is 12.8 Å². The Balaban J connectivity index is 2.17. The van der Waals surface area contributed by atoms with Crippen LogP contribution in [0.2, 0.25) is 0 Å². The van der Waals surface area contributed by atoms with Gasteiger partial charge in [-0.2, -0.15) is 0 Å². The van der Waals surface area contributed by atoms with Crippen molar-refractivity contribution >= 4 is 5.97 Å². The molecule has 0 aromatic heterocycles. The molecule has 0 spiro atoms. The molecule has 0 bridgehead atoms. The number of carboxylic acids is 1. The van der Waals surface area contributed by atoms with Crippen LogP contribution >= 0.6 is 0 Å². The molecule has 14 heavy (non-hydrogen) atoms. The molecule has 0 aromatic carbocycles. The first-order valence-electron chi connectivity index (χ1n) is 4.95. The van der Waals surface area contributed by atoms with Gasteiger partial charge < -0.3 is 20.8 Å². The van der Waals surface area contributed by atoms with E-state index >= 15 is 0 Å². The number of nitrogens with zero attached hydrogens (tertiary/aromatic N) is 1. The molecule has 1 aliphatic rings. The monoisotopic (exact) mass is 202 g/mol. The van der Waals surface area contributed by atoms with Gasteiger partial charge in [0, 0.05) is 19.7 Å². The number of nitrogens with two attached hydrogens (primary N) is 1. The van der Waals surface area contributed by atoms with Crippen LogP contribution in [0, 0.1) is 5.92 Å². The maximum absolute atomic E-state index is 10.4. The zero-order valence-corrected chi connectivity index (χ0v) is 8.22. The van der Waals surface area contributed by atoms with E-state index in [1.165, 1.54) is 0 Å². The molecular weight excluding hydrogens is 184 g/mol. The second-order valence-corrected chi connectivity index (χ2v) is 3.87. The Morgan fingerprint density at radius 1 is 1.64 bits per heavy atom. The van der Waals surface area contributed by atoms with E-state index in [1.807, 2.05) is 0 Å². The van der Waals surface area contributed by atoms with Crippen LogP contribution in [0.4, 0.5) is 0 Å². The van der Waals surface area contributed by atoms with Crippen molar-refractivity contribution in [2.45, 2.75) is 18.9 Å². The molecule has 5 nitrogen and oxygen atoms in total. The minimum Gasteiger partial charge on any atom is -0.480 e. The predicted octanol–water partition coefficient (Wildman–Crippen LogP) is -0.897. The largest absolute Gasteiger partial charge is 0.480 e. The summed E-state index contributed by atoms with van der Waals surface area (Å²) < 4.78 is 0. The molecule has 0 radical (unpaired) electrons. The first-order chi connectivity index (χ1) is 6.63. The van der Waals surface area contributed by atoms with Crippen molar-refractivity contribution in [1.29, 1.82) is 0 Å². The standard InChI is InChI=1S/C9H18N2O3/c10-8(9(13)14)2-4-11-3-1-7(5-11)6-12/h7-8,12H,1-6,10H2,(H,13,14)/t7-,8-/m1/s1. The average Bonchev–Trinajstić information content (AvgIpc) is 2.61. The van der Waals surface area contributed by atoms with Crippen molar-refractivity contribution in [2.24, 2.45) is 11.7 Å². The van der Waals surface area contributed by atoms with E-state index in [-0.39, 0.29) is 6.61 Å². The lowest BCUT2D eigenvalue weighted by atomic mass is 10.1. The number of likely N-dealkylation sites (tertiary alicyclic amines) is 1. The van der Waals surface area contributed by atoms with Crippen LogP contribution < -0.4 is 5.73 Å². The van der Waals surface area contributed by atoms with Gasteiger partial charge in [0.2, 0.25) is 0 Å². The Morgan fingerprint density at radius 2 is 2.36 bits per heavy atom. The molecule has 0 amide bonds. The lowest BCUT2D eigenvalue weighted by Crippen LogP contribution is -2.35. The summed E-state index contributed by atoms with van der Waals surface area (Å²) in [6, 6.07) is -0.761. The molecule has 1 aliphatic heterocycles. The van der Waals surface area contributed by atoms with Crippen LogP contribution in [-0.2, 0) is 4.79 Å². The SMILES string of the molecule is N[C@H](CCN1CC[C@@H](CO)C1)C(=O)O. The van der Waals surface area contributed by atoms with Gasteiger partial charge in [-0.25, -0.2) is 0 Å². The van der Waals surface area contributed by atoms with Gasteiger partial charge >= 0.3 is 5.97 Å². The van der Waals surface area contributed by atoms with Crippen molar-refractivity contribution in [2.75, 3.05) is 26.2 Å². The summed E-state index contributed by atoms with van der Waals surface area (Å²) in [5.74, 6) is -0.584. The quantitative estimate of drug-likeness (QED) is 0.538. The van der Waals surface area contributed by atoms with Crippen LogP contribution in [0.15, 0.2) is 0 Å². The number of aliphatic hydroxyl groups is 1. The third kappa shape index (κ3) is 3.25. The Hall–Kier alpha value is -0.650. The lowest BCUT2D eigenvalue weighted by Gasteiger charge is -2.16. The number of aliphatic hydroxyl groups excluding tert-OH is 1. The molecule has 4 N–H and O–H groups in total. The van der Waals surface area contributed by atoms with Gasteiger partial charge in [-0.15, -0.1) is 0 Å². The fourth-order valence-corrected chi connectivity index (χ4v) is 1.71. The fourth-order valence-electron chi connectivity index (χ4n) is 1.71. The van der Waals surface area contributed by atoms with Crippen LogP contribution in [-0.4, -0.2) is 53.4 Å². The van der Waals surface area contributed by atoms with Crippen molar-refractivity contribution in [3.8, 4) is 0 Å². The van der Waals surface area contributed by atoms with Gasteiger partial charge in [0.25, 0.3) is 0 Å². The zero-order valence-electron chi connectivity index (χ0n) is 8.22. The second-order valence-electron chi connectivity index (χ2n) is 3.87. The van der Waals surface area contributed by atoms with Gasteiger partial charge in [-0.05, 0) is 25.3 Å². The third-order valence-corrected chi connectivity index (χ3v) is 2.70. The molecule has 82 valence electrons. The lowest BCUT2D eigenvalue weighted by molar-refractivity contribution is -0.138. The van der Waals surface area contributed by atoms with E-state index < -0.39 is 12.0 Å². The molecule has 0 aliphatic carbocycles. The summed E-state index contributed by atoms with van der Waals surface area (Å²) >= 11 is 0. The van der Waals surface area contributed by atoms with Gasteiger partial charge in [0.05, 0.1) is 0 Å². The normalized spacial score (nSPS) is 25.1. The van der Waals surface area contributed by atoms with Gasteiger partial charge in [0.15, 0.2) is 0 Å². The van der Waals surface area contributed by atoms with Crippen LogP contribution in [0.5, 0.6) is 0 Å². The highest BCUT2D eigenvalue weighted by atomic mass is 16.4. The summed E-state index contributed by atoms with van der Waals surface area (Å²) in [6.07, 6.45) is 1.48. The van der Waals surface area contributed by atoms with Crippen molar-refractivity contribution < 1.29 is 15.0 Å². The van der Waals surface area contributed by atoms with E-state index in [4.69, 9.17) is 15.9 Å². The molecule has 0 aromatic rings. The summed E-state index contributed by atoms with van der Waals surface area (Å²) in [5.41, 5.74) is 5.39. The number of hydrogen-bond donors (Lipinski definition) is 3. The number of carbonyl (C=O) groups is 1. The van der Waals surface area contributed by atoms with Crippen LogP contribution in [0.3, 0.4) is 0 Å². The zero-order chi connectivity index (χ0) is 10.6. The highest BCUT2D eigenvalue weighted by Crippen LogP contribution is 2.15. The highest BCUT2D eigenvalue weighted by molar-refractivity contribution is 5.72. The predicted molar refractivity (Wildman–Crippen MR) is 51.9 cm³/mol. The second kappa shape index (κ2) is 5.29. The van der Waals surface area contributed by atoms with E-state index in [0.717, 1.165) is 19.5 Å². The number of carboxylic acid groups (broad SMARTS) is 1. The third-order valence-electron chi connectivity index (χ3n) is 2.70. The minimum absolute atomic E-state index is 0.224. The smallest absolute Gasteiger partial charge is 0.320 e. The molecule has 0 saturated carbocycles. The molecule has 2 atom stereocenters. The van der Waals surface area contributed by atoms with E-state index in [2.05, 4.69) is 4.90 Å². The fraction of sp³-hybridized carbons (Fsp3) is 0.889. The number of hydrogen-bond acceptors (Lipinski definition) is 4.